The fraction of sp³-hybridized carbons (Fsp3) is 0.786. The van der Waals surface area contributed by atoms with E-state index in [9.17, 15) is 14.4 Å². The summed E-state index contributed by atoms with van der Waals surface area (Å²) in [5.74, 6) is -1.88. The number of nitrogens with two attached hydrogens (primary N) is 3. The second-order valence-corrected chi connectivity index (χ2v) is 5.87. The van der Waals surface area contributed by atoms with Crippen LogP contribution < -0.4 is 17.2 Å². The van der Waals surface area contributed by atoms with Crippen molar-refractivity contribution < 1.29 is 24.2 Å². The molecule has 0 aromatic rings. The van der Waals surface area contributed by atoms with Crippen LogP contribution in [0.3, 0.4) is 0 Å². The number of amides is 1. The molecule has 0 heterocycles. The highest BCUT2D eigenvalue weighted by atomic mass is 35.5. The Morgan fingerprint density at radius 1 is 1.09 bits per heavy atom. The molecule has 0 aliphatic heterocycles. The zero-order valence-corrected chi connectivity index (χ0v) is 15.0. The summed E-state index contributed by atoms with van der Waals surface area (Å²) in [6.45, 7) is 7.24. The van der Waals surface area contributed by atoms with Crippen LogP contribution in [0.4, 0.5) is 0 Å². The maximum absolute atomic E-state index is 11.2. The number of hydrogen-bond acceptors (Lipinski definition) is 6. The smallest absolute Gasteiger partial charge is 0.320 e. The molecule has 138 valence electrons. The zero-order chi connectivity index (χ0) is 17.9. The fourth-order valence-electron chi connectivity index (χ4n) is 1.24. The number of hydrogen-bond donors (Lipinski definition) is 4. The predicted molar refractivity (Wildman–Crippen MR) is 90.0 cm³/mol. The molecule has 0 aromatic heterocycles. The van der Waals surface area contributed by atoms with E-state index in [1.165, 1.54) is 0 Å². The average Bonchev–Trinajstić information content (AvgIpc) is 2.34. The van der Waals surface area contributed by atoms with E-state index in [0.29, 0.717) is 6.42 Å². The van der Waals surface area contributed by atoms with E-state index in [4.69, 9.17) is 27.0 Å². The Bertz CT molecular complexity index is 372. The minimum Gasteiger partial charge on any atom is -0.480 e. The summed E-state index contributed by atoms with van der Waals surface area (Å²) < 4.78 is 5.02. The number of esters is 1. The van der Waals surface area contributed by atoms with Gasteiger partial charge in [0.05, 0.1) is 6.04 Å². The van der Waals surface area contributed by atoms with Gasteiger partial charge in [0.1, 0.15) is 11.6 Å². The third-order valence-electron chi connectivity index (χ3n) is 2.36. The number of halogens is 1. The Kier molecular flexibility index (Phi) is 15.1. The molecule has 0 unspecified atom stereocenters. The molecule has 2 atom stereocenters. The summed E-state index contributed by atoms with van der Waals surface area (Å²) in [4.78, 5) is 31.7. The first-order chi connectivity index (χ1) is 9.90. The van der Waals surface area contributed by atoms with E-state index in [1.54, 1.807) is 20.8 Å². The van der Waals surface area contributed by atoms with Gasteiger partial charge in [-0.15, -0.1) is 12.4 Å². The predicted octanol–water partition coefficient (Wildman–Crippen LogP) is 0.541. The first-order valence-electron chi connectivity index (χ1n) is 7.15. The van der Waals surface area contributed by atoms with Crippen molar-refractivity contribution in [2.24, 2.45) is 17.2 Å². The number of carboxylic acid groups (broad SMARTS) is 1. The zero-order valence-electron chi connectivity index (χ0n) is 14.2. The molecule has 8 nitrogen and oxygen atoms in total. The highest BCUT2D eigenvalue weighted by molar-refractivity contribution is 5.85. The van der Waals surface area contributed by atoms with E-state index in [0.717, 1.165) is 6.42 Å². The van der Waals surface area contributed by atoms with Gasteiger partial charge in [0.25, 0.3) is 0 Å². The monoisotopic (exact) mass is 355 g/mol. The van der Waals surface area contributed by atoms with Gasteiger partial charge in [-0.05, 0) is 33.6 Å². The molecule has 7 N–H and O–H groups in total. The molecule has 0 aromatic carbocycles. The van der Waals surface area contributed by atoms with Gasteiger partial charge in [0.2, 0.25) is 5.91 Å². The van der Waals surface area contributed by atoms with E-state index < -0.39 is 29.6 Å². The first kappa shape index (κ1) is 26.5. The van der Waals surface area contributed by atoms with Gasteiger partial charge < -0.3 is 27.0 Å². The first-order valence-corrected chi connectivity index (χ1v) is 7.15. The summed E-state index contributed by atoms with van der Waals surface area (Å²) in [6.07, 6.45) is 1.73. The number of aliphatic carboxylic acids is 1. The summed E-state index contributed by atoms with van der Waals surface area (Å²) in [5, 5.41) is 8.19. The molecule has 23 heavy (non-hydrogen) atoms. The largest absolute Gasteiger partial charge is 0.480 e. The number of ether oxygens (including phenoxy) is 1. The highest BCUT2D eigenvalue weighted by Gasteiger charge is 2.18. The van der Waals surface area contributed by atoms with Crippen molar-refractivity contribution in [3.8, 4) is 0 Å². The normalized spacial score (nSPS) is 12.8. The maximum Gasteiger partial charge on any atom is 0.320 e. The van der Waals surface area contributed by atoms with Crippen molar-refractivity contribution in [1.82, 2.24) is 0 Å². The topological polar surface area (TPSA) is 159 Å². The number of carbonyl (C=O) groups is 3. The molecule has 0 aliphatic carbocycles. The van der Waals surface area contributed by atoms with Gasteiger partial charge in [-0.25, -0.2) is 0 Å². The standard InChI is InChI=1S/C9H18N2O3.C5H11NO2.ClH/c1-9(2,3)14-7(12)5-4-6(10)8(11)13;1-2-3-4(6)5(7)8;/h6H,4-5,10H2,1-3H3,(H2,11,13);4H,2-3,6H2,1H3,(H,7,8);1H/t6-;4-;/m10./s1. The second-order valence-electron chi connectivity index (χ2n) is 5.87. The van der Waals surface area contributed by atoms with Crippen molar-refractivity contribution in [3.63, 3.8) is 0 Å². The lowest BCUT2D eigenvalue weighted by atomic mass is 10.1. The second kappa shape index (κ2) is 13.1. The van der Waals surface area contributed by atoms with Crippen LogP contribution in [0, 0.1) is 0 Å². The third kappa shape index (κ3) is 18.6. The van der Waals surface area contributed by atoms with Crippen LogP contribution in [0.2, 0.25) is 0 Å². The van der Waals surface area contributed by atoms with Gasteiger partial charge in [-0.2, -0.15) is 0 Å². The van der Waals surface area contributed by atoms with Gasteiger partial charge in [-0.3, -0.25) is 14.4 Å². The number of primary amides is 1. The van der Waals surface area contributed by atoms with Gasteiger partial charge in [0, 0.05) is 6.42 Å². The Labute approximate surface area is 143 Å². The van der Waals surface area contributed by atoms with Crippen molar-refractivity contribution in [2.75, 3.05) is 0 Å². The summed E-state index contributed by atoms with van der Waals surface area (Å²) in [6, 6.07) is -1.44. The Balaban J connectivity index is -0.000000382. The van der Waals surface area contributed by atoms with Gasteiger partial charge in [-0.1, -0.05) is 13.3 Å². The molecule has 0 radical (unpaired) electrons. The summed E-state index contributed by atoms with van der Waals surface area (Å²) in [7, 11) is 0. The van der Waals surface area contributed by atoms with E-state index in [2.05, 4.69) is 0 Å². The molecule has 1 amide bonds. The lowest BCUT2D eigenvalue weighted by Gasteiger charge is -2.19. The average molecular weight is 356 g/mol. The molecular formula is C14H30ClN3O5. The van der Waals surface area contributed by atoms with E-state index in [1.807, 2.05) is 6.92 Å². The van der Waals surface area contributed by atoms with Gasteiger partial charge in [0.15, 0.2) is 0 Å². The van der Waals surface area contributed by atoms with Gasteiger partial charge >= 0.3 is 11.9 Å². The molecule has 0 aliphatic rings. The molecule has 0 bridgehead atoms. The van der Waals surface area contributed by atoms with Crippen LogP contribution in [0.25, 0.3) is 0 Å². The summed E-state index contributed by atoms with van der Waals surface area (Å²) >= 11 is 0. The molecule has 0 rings (SSSR count). The van der Waals surface area contributed by atoms with Crippen LogP contribution in [0.15, 0.2) is 0 Å². The lowest BCUT2D eigenvalue weighted by Crippen LogP contribution is -2.37. The van der Waals surface area contributed by atoms with E-state index >= 15 is 0 Å². The van der Waals surface area contributed by atoms with Crippen LogP contribution in [0.5, 0.6) is 0 Å². The fourth-order valence-corrected chi connectivity index (χ4v) is 1.24. The van der Waals surface area contributed by atoms with Crippen molar-refractivity contribution >= 4 is 30.3 Å². The van der Waals surface area contributed by atoms with E-state index in [-0.39, 0.29) is 31.2 Å². The van der Waals surface area contributed by atoms with Crippen molar-refractivity contribution in [2.45, 2.75) is 71.1 Å². The Morgan fingerprint density at radius 2 is 1.57 bits per heavy atom. The minimum absolute atomic E-state index is 0. The quantitative estimate of drug-likeness (QED) is 0.485. The lowest BCUT2D eigenvalue weighted by molar-refractivity contribution is -0.155. The number of carboxylic acids is 1. The SMILES string of the molecule is CC(C)(C)OC(=O)CC[C@@H](N)C(N)=O.CCC[C@H](N)C(=O)O.Cl. The molecular weight excluding hydrogens is 326 g/mol. The number of carbonyl (C=O) groups excluding carboxylic acids is 2. The minimum atomic E-state index is -0.910. The Hall–Kier alpha value is -1.38. The van der Waals surface area contributed by atoms with Crippen molar-refractivity contribution in [3.05, 3.63) is 0 Å². The van der Waals surface area contributed by atoms with Crippen LogP contribution >= 0.6 is 12.4 Å². The van der Waals surface area contributed by atoms with Crippen LogP contribution in [-0.4, -0.2) is 40.6 Å². The van der Waals surface area contributed by atoms with Crippen LogP contribution in [-0.2, 0) is 19.1 Å². The Morgan fingerprint density at radius 3 is 1.83 bits per heavy atom. The molecule has 0 saturated carbocycles. The molecule has 0 spiro atoms. The number of rotatable bonds is 7. The highest BCUT2D eigenvalue weighted by Crippen LogP contribution is 2.09. The van der Waals surface area contributed by atoms with Crippen LogP contribution in [0.1, 0.15) is 53.4 Å². The third-order valence-corrected chi connectivity index (χ3v) is 2.36. The molecule has 0 saturated heterocycles. The molecule has 9 heteroatoms. The molecule has 0 fully saturated rings. The maximum atomic E-state index is 11.2. The van der Waals surface area contributed by atoms with Crippen molar-refractivity contribution in [1.29, 1.82) is 0 Å². The summed E-state index contributed by atoms with van der Waals surface area (Å²) in [5.41, 5.74) is 14.9.